The molecule has 1 heterocycles. The van der Waals surface area contributed by atoms with Crippen molar-refractivity contribution < 1.29 is 14.6 Å². The number of rotatable bonds is 4. The van der Waals surface area contributed by atoms with Gasteiger partial charge in [-0.25, -0.2) is 0 Å². The Balaban J connectivity index is 1.75. The second kappa shape index (κ2) is 7.96. The first kappa shape index (κ1) is 20.9. The summed E-state index contributed by atoms with van der Waals surface area (Å²) in [6, 6.07) is 22.8. The summed E-state index contributed by atoms with van der Waals surface area (Å²) in [6.45, 7) is 2.15. The van der Waals surface area contributed by atoms with Gasteiger partial charge in [-0.3, -0.25) is 0 Å². The Labute approximate surface area is 199 Å². The fraction of sp³-hybridized carbons (Fsp3) is 0.241. The summed E-state index contributed by atoms with van der Waals surface area (Å²) in [6.07, 6.45) is 0. The number of aliphatic hydroxyl groups is 1. The molecule has 3 aromatic carbocycles. The van der Waals surface area contributed by atoms with Crippen molar-refractivity contribution in [1.82, 2.24) is 10.2 Å². The Hall–Kier alpha value is -3.70. The molecule has 5 heteroatoms. The molecule has 2 aliphatic rings. The van der Waals surface area contributed by atoms with Crippen LogP contribution in [0, 0.1) is 12.8 Å². The third kappa shape index (κ3) is 3.04. The van der Waals surface area contributed by atoms with E-state index in [1.807, 2.05) is 37.3 Å². The number of hydrogen-bond donors (Lipinski definition) is 1. The molecule has 0 bridgehead atoms. The monoisotopic (exact) mass is 450 g/mol. The molecule has 3 atom stereocenters. The zero-order valence-corrected chi connectivity index (χ0v) is 19.4. The largest absolute Gasteiger partial charge is 0.497 e. The fourth-order valence-electron chi connectivity index (χ4n) is 5.71. The third-order valence-electron chi connectivity index (χ3n) is 7.35. The van der Waals surface area contributed by atoms with E-state index in [0.717, 1.165) is 50.7 Å². The van der Waals surface area contributed by atoms with Crippen molar-refractivity contribution in [1.29, 1.82) is 0 Å². The fourth-order valence-corrected chi connectivity index (χ4v) is 5.71. The highest BCUT2D eigenvalue weighted by Crippen LogP contribution is 2.66. The number of ether oxygens (including phenoxy) is 2. The summed E-state index contributed by atoms with van der Waals surface area (Å²) in [5.74, 6) is 2.14. The lowest BCUT2D eigenvalue weighted by molar-refractivity contribution is 0.271. The van der Waals surface area contributed by atoms with E-state index in [4.69, 9.17) is 14.6 Å². The second-order valence-corrected chi connectivity index (χ2v) is 9.05. The summed E-state index contributed by atoms with van der Waals surface area (Å²) in [4.78, 5) is 0. The number of nitrogens with zero attached hydrogens (tertiary/aromatic N) is 2. The number of fused-ring (bicyclic) bond motifs is 8. The number of aryl methyl sites for hydroxylation is 1. The summed E-state index contributed by atoms with van der Waals surface area (Å²) in [5, 5.41) is 19.7. The van der Waals surface area contributed by atoms with Crippen molar-refractivity contribution in [3.8, 4) is 45.0 Å². The molecule has 0 aliphatic heterocycles. The van der Waals surface area contributed by atoms with Gasteiger partial charge in [0.05, 0.1) is 19.9 Å². The van der Waals surface area contributed by atoms with E-state index >= 15 is 0 Å². The summed E-state index contributed by atoms with van der Waals surface area (Å²) >= 11 is 0. The SMILES string of the molecule is COc1ccc2c(c1)C1C(CO)C1c1cc(OC)ccc1-c1c(-c3ccccc3)nnc(C)c1-2. The lowest BCUT2D eigenvalue weighted by Gasteiger charge is -2.24. The maximum absolute atomic E-state index is 10.3. The molecule has 170 valence electrons. The van der Waals surface area contributed by atoms with Crippen LogP contribution in [0.5, 0.6) is 11.5 Å². The number of aromatic nitrogens is 2. The van der Waals surface area contributed by atoms with Crippen LogP contribution in [0.3, 0.4) is 0 Å². The van der Waals surface area contributed by atoms with Crippen LogP contribution in [0.2, 0.25) is 0 Å². The van der Waals surface area contributed by atoms with Crippen LogP contribution >= 0.6 is 0 Å². The molecule has 5 nitrogen and oxygen atoms in total. The van der Waals surface area contributed by atoms with Gasteiger partial charge in [0.25, 0.3) is 0 Å². The van der Waals surface area contributed by atoms with Crippen LogP contribution in [-0.4, -0.2) is 36.1 Å². The van der Waals surface area contributed by atoms with Gasteiger partial charge in [0.1, 0.15) is 17.2 Å². The molecular formula is C29H26N2O3. The highest BCUT2D eigenvalue weighted by molar-refractivity contribution is 5.97. The van der Waals surface area contributed by atoms with Crippen LogP contribution in [0.25, 0.3) is 33.5 Å². The highest BCUT2D eigenvalue weighted by Gasteiger charge is 2.54. The molecule has 2 aliphatic carbocycles. The average molecular weight is 451 g/mol. The smallest absolute Gasteiger partial charge is 0.119 e. The van der Waals surface area contributed by atoms with E-state index in [2.05, 4.69) is 41.5 Å². The van der Waals surface area contributed by atoms with Crippen LogP contribution in [0.1, 0.15) is 28.7 Å². The van der Waals surface area contributed by atoms with Gasteiger partial charge in [0.15, 0.2) is 0 Å². The van der Waals surface area contributed by atoms with Crippen molar-refractivity contribution in [3.63, 3.8) is 0 Å². The number of hydrogen-bond acceptors (Lipinski definition) is 5. The predicted octanol–water partition coefficient (Wildman–Crippen LogP) is 5.61. The predicted molar refractivity (Wildman–Crippen MR) is 132 cm³/mol. The molecule has 3 unspecified atom stereocenters. The molecule has 0 radical (unpaired) electrons. The molecule has 0 spiro atoms. The van der Waals surface area contributed by atoms with E-state index in [9.17, 15) is 5.11 Å². The number of methoxy groups -OCH3 is 2. The van der Waals surface area contributed by atoms with Crippen LogP contribution in [0.15, 0.2) is 66.7 Å². The molecule has 1 fully saturated rings. The Bertz CT molecular complexity index is 1400. The van der Waals surface area contributed by atoms with Gasteiger partial charge < -0.3 is 14.6 Å². The van der Waals surface area contributed by atoms with Crippen molar-refractivity contribution in [2.24, 2.45) is 5.92 Å². The lowest BCUT2D eigenvalue weighted by atomic mass is 9.82. The maximum atomic E-state index is 10.3. The van der Waals surface area contributed by atoms with E-state index in [0.29, 0.717) is 0 Å². The van der Waals surface area contributed by atoms with Gasteiger partial charge in [-0.1, -0.05) is 42.5 Å². The molecular weight excluding hydrogens is 424 g/mol. The Morgan fingerprint density at radius 3 is 1.91 bits per heavy atom. The standard InChI is InChI=1S/C29H26N2O3/c1-16-25-20-11-9-18(33-2)13-22(20)26-24(15-32)27(26)23-14-19(34-3)10-12-21(23)28(25)29(31-30-16)17-7-5-4-6-8-17/h4-14,24,26-27,32H,15H2,1-3H3. The minimum Gasteiger partial charge on any atom is -0.497 e. The van der Waals surface area contributed by atoms with Crippen molar-refractivity contribution in [2.45, 2.75) is 18.8 Å². The Morgan fingerprint density at radius 2 is 1.35 bits per heavy atom. The molecule has 0 amide bonds. The topological polar surface area (TPSA) is 64.5 Å². The molecule has 1 aromatic heterocycles. The second-order valence-electron chi connectivity index (χ2n) is 9.05. The molecule has 4 aromatic rings. The molecule has 6 rings (SSSR count). The Kier molecular flexibility index (Phi) is 4.89. The van der Waals surface area contributed by atoms with Crippen molar-refractivity contribution >= 4 is 0 Å². The minimum absolute atomic E-state index is 0.125. The molecule has 34 heavy (non-hydrogen) atoms. The van der Waals surface area contributed by atoms with Gasteiger partial charge >= 0.3 is 0 Å². The lowest BCUT2D eigenvalue weighted by Crippen LogP contribution is -2.06. The Morgan fingerprint density at radius 1 is 0.765 bits per heavy atom. The van der Waals surface area contributed by atoms with Crippen LogP contribution in [-0.2, 0) is 0 Å². The zero-order valence-electron chi connectivity index (χ0n) is 19.4. The van der Waals surface area contributed by atoms with Crippen LogP contribution in [0.4, 0.5) is 0 Å². The quantitative estimate of drug-likeness (QED) is 0.438. The number of benzene rings is 3. The van der Waals surface area contributed by atoms with Gasteiger partial charge in [-0.2, -0.15) is 5.10 Å². The minimum atomic E-state index is 0.125. The summed E-state index contributed by atoms with van der Waals surface area (Å²) in [5.41, 5.74) is 9.54. The van der Waals surface area contributed by atoms with Gasteiger partial charge in [-0.05, 0) is 71.2 Å². The number of aliphatic hydroxyl groups excluding tert-OH is 1. The van der Waals surface area contributed by atoms with Gasteiger partial charge in [-0.15, -0.1) is 5.10 Å². The first-order valence-corrected chi connectivity index (χ1v) is 11.6. The van der Waals surface area contributed by atoms with E-state index in [1.54, 1.807) is 14.2 Å². The van der Waals surface area contributed by atoms with Gasteiger partial charge in [0, 0.05) is 23.3 Å². The van der Waals surface area contributed by atoms with Gasteiger partial charge in [0.2, 0.25) is 0 Å². The van der Waals surface area contributed by atoms with Crippen molar-refractivity contribution in [2.75, 3.05) is 20.8 Å². The normalized spacial score (nSPS) is 19.6. The maximum Gasteiger partial charge on any atom is 0.119 e. The van der Waals surface area contributed by atoms with E-state index in [1.165, 1.54) is 11.1 Å². The van der Waals surface area contributed by atoms with E-state index < -0.39 is 0 Å². The first-order chi connectivity index (χ1) is 16.7. The summed E-state index contributed by atoms with van der Waals surface area (Å²) in [7, 11) is 3.38. The van der Waals surface area contributed by atoms with E-state index in [-0.39, 0.29) is 24.4 Å². The molecule has 1 N–H and O–H groups in total. The zero-order chi connectivity index (χ0) is 23.4. The first-order valence-electron chi connectivity index (χ1n) is 11.6. The highest BCUT2D eigenvalue weighted by atomic mass is 16.5. The third-order valence-corrected chi connectivity index (χ3v) is 7.35. The van der Waals surface area contributed by atoms with Crippen molar-refractivity contribution in [3.05, 3.63) is 83.6 Å². The average Bonchev–Trinajstić information content (AvgIpc) is 3.61. The molecule has 0 saturated heterocycles. The molecule has 1 saturated carbocycles. The summed E-state index contributed by atoms with van der Waals surface area (Å²) < 4.78 is 11.2. The van der Waals surface area contributed by atoms with Crippen LogP contribution < -0.4 is 9.47 Å².